The van der Waals surface area contributed by atoms with Gasteiger partial charge in [0.15, 0.2) is 5.75 Å². The standard InChI is InChI=1S/C16H11ClN2O9S2.2Na.2H/c17-8-1-2-11(20)10(5-8)18-19-15-13(30(26,27)28)4-7-3-9(29(23,24)25)6-12(21)14(7)16(15)22;;;;/h1-6,20-22H,(H,23,24,25)(H,26,27,28);;;;. The molecule has 0 fully saturated rings. The number of fused-ring (bicyclic) bond motifs is 1. The minimum atomic E-state index is -5.03. The van der Waals surface area contributed by atoms with E-state index in [1.54, 1.807) is 0 Å². The average molecular weight is 523 g/mol. The van der Waals surface area contributed by atoms with Crippen molar-refractivity contribution in [2.75, 3.05) is 0 Å². The minimum absolute atomic E-state index is 0. The molecule has 3 aromatic carbocycles. The molecule has 5 N–H and O–H groups in total. The number of nitrogens with zero attached hydrogens (tertiary/aromatic N) is 2. The Labute approximate surface area is 230 Å². The third kappa shape index (κ3) is 6.12. The van der Waals surface area contributed by atoms with Crippen molar-refractivity contribution in [3.8, 4) is 17.2 Å². The number of hydrogen-bond donors (Lipinski definition) is 5. The summed E-state index contributed by atoms with van der Waals surface area (Å²) in [6.45, 7) is 0. The normalized spacial score (nSPS) is 11.8. The first-order chi connectivity index (χ1) is 13.8. The Balaban J connectivity index is 0.00000256. The fraction of sp³-hybridized carbons (Fsp3) is 0. The number of benzene rings is 3. The molecular weight excluding hydrogens is 510 g/mol. The molecule has 0 amide bonds. The third-order valence-electron chi connectivity index (χ3n) is 3.87. The van der Waals surface area contributed by atoms with Gasteiger partial charge in [-0.05, 0) is 35.7 Å². The van der Waals surface area contributed by atoms with Crippen molar-refractivity contribution in [1.82, 2.24) is 0 Å². The van der Waals surface area contributed by atoms with Crippen LogP contribution in [0.15, 0.2) is 56.4 Å². The predicted molar refractivity (Wildman–Crippen MR) is 118 cm³/mol. The first kappa shape index (κ1) is 29.1. The molecule has 0 aliphatic carbocycles. The number of hydrogen-bond acceptors (Lipinski definition) is 9. The summed E-state index contributed by atoms with van der Waals surface area (Å²) in [4.78, 5) is -1.77. The van der Waals surface area contributed by atoms with Gasteiger partial charge in [-0.1, -0.05) is 11.6 Å². The van der Waals surface area contributed by atoms with Gasteiger partial charge in [0.05, 0.1) is 10.3 Å². The van der Waals surface area contributed by atoms with Gasteiger partial charge in [0.2, 0.25) is 0 Å². The summed E-state index contributed by atoms with van der Waals surface area (Å²) in [5, 5.41) is 36.9. The topological polar surface area (TPSA) is 194 Å². The summed E-state index contributed by atoms with van der Waals surface area (Å²) in [7, 11) is -9.81. The molecule has 3 rings (SSSR count). The van der Waals surface area contributed by atoms with Gasteiger partial charge in [-0.25, -0.2) is 0 Å². The van der Waals surface area contributed by atoms with E-state index in [9.17, 15) is 36.7 Å². The number of rotatable bonds is 4. The summed E-state index contributed by atoms with van der Waals surface area (Å²) in [6, 6.07) is 5.81. The Morgan fingerprint density at radius 2 is 1.41 bits per heavy atom. The van der Waals surface area contributed by atoms with Gasteiger partial charge in [-0.15, -0.1) is 10.2 Å². The van der Waals surface area contributed by atoms with Crippen LogP contribution >= 0.6 is 11.6 Å². The van der Waals surface area contributed by atoms with Crippen molar-refractivity contribution in [3.05, 3.63) is 41.4 Å². The van der Waals surface area contributed by atoms with Crippen molar-refractivity contribution in [3.63, 3.8) is 0 Å². The van der Waals surface area contributed by atoms with Gasteiger partial charge in [0.25, 0.3) is 20.2 Å². The maximum absolute atomic E-state index is 11.8. The number of phenolic OH excluding ortho intramolecular Hbond substituents is 3. The van der Waals surface area contributed by atoms with Crippen LogP contribution in [0.4, 0.5) is 11.4 Å². The van der Waals surface area contributed by atoms with E-state index in [4.69, 9.17) is 16.2 Å². The van der Waals surface area contributed by atoms with Crippen LogP contribution in [0.3, 0.4) is 0 Å². The molecule has 32 heavy (non-hydrogen) atoms. The summed E-state index contributed by atoms with van der Waals surface area (Å²) in [5.74, 6) is -2.18. The van der Waals surface area contributed by atoms with Crippen LogP contribution in [-0.2, 0) is 20.2 Å². The summed E-state index contributed by atoms with van der Waals surface area (Å²) < 4.78 is 64.9. The molecule has 0 saturated heterocycles. The maximum atomic E-state index is 11.8. The molecule has 0 aromatic heterocycles. The molecule has 0 spiro atoms. The molecule has 0 bridgehead atoms. The molecule has 162 valence electrons. The van der Waals surface area contributed by atoms with Crippen molar-refractivity contribution in [1.29, 1.82) is 0 Å². The molecule has 0 unspecified atom stereocenters. The number of halogens is 1. The van der Waals surface area contributed by atoms with Gasteiger partial charge in [-0.3, -0.25) is 9.11 Å². The molecule has 0 aliphatic rings. The van der Waals surface area contributed by atoms with Crippen LogP contribution in [0.25, 0.3) is 10.8 Å². The average Bonchev–Trinajstić information content (AvgIpc) is 2.61. The number of azo groups is 1. The van der Waals surface area contributed by atoms with E-state index in [1.807, 2.05) is 0 Å². The Morgan fingerprint density at radius 3 is 1.97 bits per heavy atom. The van der Waals surface area contributed by atoms with Crippen LogP contribution in [0.1, 0.15) is 0 Å². The first-order valence-corrected chi connectivity index (χ1v) is 10.9. The van der Waals surface area contributed by atoms with Crippen LogP contribution in [0.2, 0.25) is 5.02 Å². The van der Waals surface area contributed by atoms with Gasteiger partial charge in [0.1, 0.15) is 27.8 Å². The zero-order valence-electron chi connectivity index (χ0n) is 14.4. The van der Waals surface area contributed by atoms with E-state index in [0.29, 0.717) is 12.1 Å². The van der Waals surface area contributed by atoms with Crippen LogP contribution in [-0.4, -0.2) is 100 Å². The monoisotopic (exact) mass is 522 g/mol. The van der Waals surface area contributed by atoms with Crippen molar-refractivity contribution >= 4 is 113 Å². The zero-order valence-corrected chi connectivity index (χ0v) is 16.8. The Hall–Kier alpha value is -0.970. The summed E-state index contributed by atoms with van der Waals surface area (Å²) in [5.41, 5.74) is -1.01. The van der Waals surface area contributed by atoms with Crippen LogP contribution in [0.5, 0.6) is 17.2 Å². The molecular formula is C16H13ClN2Na2O9S2. The van der Waals surface area contributed by atoms with Crippen molar-refractivity contribution in [2.45, 2.75) is 9.79 Å². The van der Waals surface area contributed by atoms with Crippen molar-refractivity contribution < 1.29 is 41.3 Å². The van der Waals surface area contributed by atoms with Crippen LogP contribution < -0.4 is 0 Å². The molecule has 0 radical (unpaired) electrons. The van der Waals surface area contributed by atoms with E-state index in [2.05, 4.69) is 10.2 Å². The number of phenols is 3. The Bertz CT molecular complexity index is 1450. The zero-order chi connectivity index (χ0) is 22.4. The first-order valence-electron chi connectivity index (χ1n) is 7.67. The van der Waals surface area contributed by atoms with E-state index in [1.165, 1.54) is 18.2 Å². The predicted octanol–water partition coefficient (Wildman–Crippen LogP) is 2.22. The Morgan fingerprint density at radius 1 is 0.781 bits per heavy atom. The fourth-order valence-electron chi connectivity index (χ4n) is 2.56. The third-order valence-corrected chi connectivity index (χ3v) is 5.81. The van der Waals surface area contributed by atoms with Gasteiger partial charge >= 0.3 is 59.1 Å². The van der Waals surface area contributed by atoms with Crippen molar-refractivity contribution in [2.24, 2.45) is 10.2 Å². The Kier molecular flexibility index (Phi) is 9.56. The second-order valence-corrected chi connectivity index (χ2v) is 9.14. The number of aromatic hydroxyl groups is 3. The summed E-state index contributed by atoms with van der Waals surface area (Å²) in [6.07, 6.45) is 0. The molecule has 0 aliphatic heterocycles. The van der Waals surface area contributed by atoms with Gasteiger partial charge in [0, 0.05) is 11.1 Å². The second kappa shape index (κ2) is 10.5. The van der Waals surface area contributed by atoms with Crippen LogP contribution in [0, 0.1) is 0 Å². The molecule has 11 nitrogen and oxygen atoms in total. The molecule has 3 aromatic rings. The van der Waals surface area contributed by atoms with Gasteiger partial charge < -0.3 is 15.3 Å². The SMILES string of the molecule is O=S(=O)(O)c1cc(O)c2c(O)c(N=Nc3cc(Cl)ccc3O)c(S(=O)(=O)O)cc2c1.[NaH].[NaH]. The van der Waals surface area contributed by atoms with E-state index < -0.39 is 52.6 Å². The quantitative estimate of drug-likeness (QED) is 0.194. The van der Waals surface area contributed by atoms with Gasteiger partial charge in [-0.2, -0.15) is 16.8 Å². The molecule has 0 saturated carbocycles. The fourth-order valence-corrected chi connectivity index (χ4v) is 3.92. The van der Waals surface area contributed by atoms with E-state index >= 15 is 0 Å². The van der Waals surface area contributed by atoms with E-state index in [-0.39, 0.29) is 81.0 Å². The molecule has 16 heteroatoms. The summed E-state index contributed by atoms with van der Waals surface area (Å²) >= 11 is 5.78. The molecule has 0 atom stereocenters. The molecule has 0 heterocycles. The second-order valence-electron chi connectivity index (χ2n) is 5.90. The van der Waals surface area contributed by atoms with E-state index in [0.717, 1.165) is 6.07 Å².